The van der Waals surface area contributed by atoms with Crippen LogP contribution in [0.2, 0.25) is 5.02 Å². The molecule has 2 aromatic heterocycles. The van der Waals surface area contributed by atoms with Crippen molar-refractivity contribution in [1.82, 2.24) is 19.7 Å². The van der Waals surface area contributed by atoms with E-state index in [1.807, 2.05) is 6.07 Å². The van der Waals surface area contributed by atoms with Crippen molar-refractivity contribution < 1.29 is 4.39 Å². The van der Waals surface area contributed by atoms with Gasteiger partial charge in [0.05, 0.1) is 5.69 Å². The molecule has 3 aromatic rings. The lowest BCUT2D eigenvalue weighted by atomic mass is 10.2. The summed E-state index contributed by atoms with van der Waals surface area (Å²) in [5, 5.41) is 7.55. The molecule has 0 radical (unpaired) electrons. The first kappa shape index (κ1) is 13.5. The third-order valence-corrected chi connectivity index (χ3v) is 3.29. The number of pyridine rings is 1. The molecule has 0 spiro atoms. The van der Waals surface area contributed by atoms with Crippen LogP contribution in [0.5, 0.6) is 0 Å². The van der Waals surface area contributed by atoms with Gasteiger partial charge in [-0.05, 0) is 24.3 Å². The van der Waals surface area contributed by atoms with Crippen LogP contribution in [-0.2, 0) is 6.54 Å². The zero-order chi connectivity index (χ0) is 14.7. The lowest BCUT2D eigenvalue weighted by molar-refractivity contribution is 0.613. The van der Waals surface area contributed by atoms with Crippen molar-refractivity contribution in [2.45, 2.75) is 6.54 Å². The number of anilines is 1. The number of nitrogens with one attached hydrogen (secondary N) is 1. The summed E-state index contributed by atoms with van der Waals surface area (Å²) in [6.07, 6.45) is 4.62. The summed E-state index contributed by atoms with van der Waals surface area (Å²) in [5.41, 5.74) is 1.12. The summed E-state index contributed by atoms with van der Waals surface area (Å²) in [6.45, 7) is 0.249. The van der Waals surface area contributed by atoms with E-state index in [0.29, 0.717) is 22.1 Å². The van der Waals surface area contributed by atoms with Crippen molar-refractivity contribution in [2.75, 3.05) is 5.32 Å². The van der Waals surface area contributed by atoms with Crippen molar-refractivity contribution in [2.24, 2.45) is 0 Å². The molecule has 106 valence electrons. The summed E-state index contributed by atoms with van der Waals surface area (Å²) in [4.78, 5) is 8.14. The van der Waals surface area contributed by atoms with E-state index in [0.717, 1.165) is 0 Å². The number of hydrogen-bond acceptors (Lipinski definition) is 4. The Morgan fingerprint density at radius 3 is 2.90 bits per heavy atom. The van der Waals surface area contributed by atoms with Crippen LogP contribution in [0.25, 0.3) is 5.82 Å². The minimum Gasteiger partial charge on any atom is -0.378 e. The van der Waals surface area contributed by atoms with E-state index in [2.05, 4.69) is 20.4 Å². The minimum absolute atomic E-state index is 0.249. The topological polar surface area (TPSA) is 55.6 Å². The normalized spacial score (nSPS) is 10.6. The van der Waals surface area contributed by atoms with Crippen LogP contribution in [0, 0.1) is 5.82 Å². The highest BCUT2D eigenvalue weighted by molar-refractivity contribution is 6.31. The van der Waals surface area contributed by atoms with E-state index in [-0.39, 0.29) is 12.4 Å². The Balaban J connectivity index is 1.86. The SMILES string of the molecule is Fc1cccc(Cl)c1CNc1cccnc1-n1cncn1. The Labute approximate surface area is 125 Å². The van der Waals surface area contributed by atoms with Crippen LogP contribution in [-0.4, -0.2) is 19.7 Å². The maximum atomic E-state index is 13.8. The first-order valence-electron chi connectivity index (χ1n) is 6.22. The van der Waals surface area contributed by atoms with Gasteiger partial charge in [-0.1, -0.05) is 17.7 Å². The Hall–Kier alpha value is -2.47. The molecule has 0 amide bonds. The number of benzene rings is 1. The van der Waals surface area contributed by atoms with Crippen LogP contribution in [0.15, 0.2) is 49.2 Å². The summed E-state index contributed by atoms with van der Waals surface area (Å²) in [5.74, 6) is 0.239. The predicted molar refractivity (Wildman–Crippen MR) is 77.9 cm³/mol. The lowest BCUT2D eigenvalue weighted by Crippen LogP contribution is -2.08. The fourth-order valence-electron chi connectivity index (χ4n) is 1.92. The maximum absolute atomic E-state index is 13.8. The Bertz CT molecular complexity index is 725. The fraction of sp³-hybridized carbons (Fsp3) is 0.0714. The molecule has 3 rings (SSSR count). The van der Waals surface area contributed by atoms with Crippen molar-refractivity contribution >= 4 is 17.3 Å². The van der Waals surface area contributed by atoms with E-state index in [4.69, 9.17) is 11.6 Å². The molecule has 0 fully saturated rings. The fourth-order valence-corrected chi connectivity index (χ4v) is 2.15. The second kappa shape index (κ2) is 5.88. The Morgan fingerprint density at radius 2 is 2.14 bits per heavy atom. The molecule has 21 heavy (non-hydrogen) atoms. The zero-order valence-corrected chi connectivity index (χ0v) is 11.6. The maximum Gasteiger partial charge on any atom is 0.178 e. The standard InChI is InChI=1S/C14H11ClFN5/c15-11-3-1-4-12(16)10(11)7-19-13-5-2-6-18-14(13)21-9-17-8-20-21/h1-6,8-9,19H,7H2. The van der Waals surface area contributed by atoms with Gasteiger partial charge >= 0.3 is 0 Å². The molecule has 0 atom stereocenters. The minimum atomic E-state index is -0.346. The van der Waals surface area contributed by atoms with Crippen LogP contribution >= 0.6 is 11.6 Å². The molecule has 1 N–H and O–H groups in total. The highest BCUT2D eigenvalue weighted by atomic mass is 35.5. The summed E-state index contributed by atoms with van der Waals surface area (Å²) >= 11 is 6.01. The van der Waals surface area contributed by atoms with Gasteiger partial charge in [0.25, 0.3) is 0 Å². The summed E-state index contributed by atoms with van der Waals surface area (Å²) in [7, 11) is 0. The van der Waals surface area contributed by atoms with E-state index in [1.165, 1.54) is 17.1 Å². The number of hydrogen-bond donors (Lipinski definition) is 1. The molecule has 0 aliphatic carbocycles. The van der Waals surface area contributed by atoms with E-state index in [1.54, 1.807) is 30.7 Å². The van der Waals surface area contributed by atoms with Crippen LogP contribution in [0.3, 0.4) is 0 Å². The molecule has 0 aliphatic rings. The van der Waals surface area contributed by atoms with Crippen LogP contribution < -0.4 is 5.32 Å². The summed E-state index contributed by atoms with van der Waals surface area (Å²) < 4.78 is 15.3. The summed E-state index contributed by atoms with van der Waals surface area (Å²) in [6, 6.07) is 8.23. The molecule has 7 heteroatoms. The highest BCUT2D eigenvalue weighted by Crippen LogP contribution is 2.22. The third kappa shape index (κ3) is 2.85. The molecule has 2 heterocycles. The van der Waals surface area contributed by atoms with Gasteiger partial charge in [0.15, 0.2) is 5.82 Å². The van der Waals surface area contributed by atoms with Crippen molar-refractivity contribution in [3.63, 3.8) is 0 Å². The third-order valence-electron chi connectivity index (χ3n) is 2.94. The van der Waals surface area contributed by atoms with E-state index in [9.17, 15) is 4.39 Å². The predicted octanol–water partition coefficient (Wildman–Crippen LogP) is 3.07. The van der Waals surface area contributed by atoms with Crippen LogP contribution in [0.1, 0.15) is 5.56 Å². The van der Waals surface area contributed by atoms with Crippen LogP contribution in [0.4, 0.5) is 10.1 Å². The van der Waals surface area contributed by atoms with Crippen molar-refractivity contribution in [3.05, 3.63) is 65.6 Å². The van der Waals surface area contributed by atoms with Gasteiger partial charge in [-0.2, -0.15) is 5.10 Å². The number of aromatic nitrogens is 4. The second-order valence-corrected chi connectivity index (χ2v) is 4.68. The molecule has 0 unspecified atom stereocenters. The monoisotopic (exact) mass is 303 g/mol. The Kier molecular flexibility index (Phi) is 3.79. The molecular weight excluding hydrogens is 293 g/mol. The smallest absolute Gasteiger partial charge is 0.178 e. The highest BCUT2D eigenvalue weighted by Gasteiger charge is 2.09. The van der Waals surface area contributed by atoms with Gasteiger partial charge in [-0.3, -0.25) is 0 Å². The van der Waals surface area contributed by atoms with Gasteiger partial charge in [0, 0.05) is 23.3 Å². The Morgan fingerprint density at radius 1 is 1.24 bits per heavy atom. The first-order chi connectivity index (χ1) is 10.3. The molecule has 0 saturated carbocycles. The van der Waals surface area contributed by atoms with E-state index >= 15 is 0 Å². The van der Waals surface area contributed by atoms with Gasteiger partial charge in [-0.25, -0.2) is 19.0 Å². The zero-order valence-electron chi connectivity index (χ0n) is 10.9. The molecule has 0 aliphatic heterocycles. The van der Waals surface area contributed by atoms with Gasteiger partial charge < -0.3 is 5.32 Å². The average molecular weight is 304 g/mol. The van der Waals surface area contributed by atoms with Crippen molar-refractivity contribution in [1.29, 1.82) is 0 Å². The van der Waals surface area contributed by atoms with E-state index < -0.39 is 0 Å². The lowest BCUT2D eigenvalue weighted by Gasteiger charge is -2.12. The quantitative estimate of drug-likeness (QED) is 0.805. The molecule has 1 aromatic carbocycles. The first-order valence-corrected chi connectivity index (χ1v) is 6.60. The number of halogens is 2. The van der Waals surface area contributed by atoms with Gasteiger partial charge in [0.1, 0.15) is 18.5 Å². The molecule has 5 nitrogen and oxygen atoms in total. The molecule has 0 bridgehead atoms. The largest absolute Gasteiger partial charge is 0.378 e. The van der Waals surface area contributed by atoms with Gasteiger partial charge in [0.2, 0.25) is 0 Å². The molecular formula is C14H11ClFN5. The second-order valence-electron chi connectivity index (χ2n) is 4.27. The van der Waals surface area contributed by atoms with Crippen molar-refractivity contribution in [3.8, 4) is 5.82 Å². The van der Waals surface area contributed by atoms with Gasteiger partial charge in [-0.15, -0.1) is 0 Å². The number of rotatable bonds is 4. The average Bonchev–Trinajstić information content (AvgIpc) is 3.01. The molecule has 0 saturated heterocycles. The number of nitrogens with zero attached hydrogens (tertiary/aromatic N) is 4.